The van der Waals surface area contributed by atoms with E-state index in [1.54, 1.807) is 7.05 Å². The summed E-state index contributed by atoms with van der Waals surface area (Å²) in [6, 6.07) is 10.6. The first-order valence-electron chi connectivity index (χ1n) is 9.34. The molecule has 1 amide bonds. The molecule has 6 heteroatoms. The SMILES string of the molecule is CN=C(NCCNC(=O)OC(C)(C)C)N1CCC(Cc2ccccc2)C1. The molecule has 144 valence electrons. The second-order valence-electron chi connectivity index (χ2n) is 7.69. The predicted octanol–water partition coefficient (Wildman–Crippen LogP) is 2.65. The average molecular weight is 361 g/mol. The Morgan fingerprint density at radius 2 is 1.92 bits per heavy atom. The summed E-state index contributed by atoms with van der Waals surface area (Å²) in [7, 11) is 1.80. The molecule has 0 bridgehead atoms. The molecule has 0 aromatic heterocycles. The summed E-state index contributed by atoms with van der Waals surface area (Å²) in [4.78, 5) is 18.3. The van der Waals surface area contributed by atoms with Gasteiger partial charge in [-0.3, -0.25) is 4.99 Å². The zero-order valence-electron chi connectivity index (χ0n) is 16.4. The van der Waals surface area contributed by atoms with E-state index in [0.29, 0.717) is 19.0 Å². The number of alkyl carbamates (subject to hydrolysis) is 1. The molecule has 2 N–H and O–H groups in total. The Morgan fingerprint density at radius 3 is 2.58 bits per heavy atom. The molecular formula is C20H32N4O2. The van der Waals surface area contributed by atoms with Gasteiger partial charge in [-0.1, -0.05) is 30.3 Å². The standard InChI is InChI=1S/C20H32N4O2/c1-20(2,3)26-19(25)23-12-11-22-18(21-4)24-13-10-17(15-24)14-16-8-6-5-7-9-16/h5-9,17H,10-15H2,1-4H3,(H,21,22)(H,23,25). The van der Waals surface area contributed by atoms with E-state index in [1.807, 2.05) is 20.8 Å². The third kappa shape index (κ3) is 6.94. The summed E-state index contributed by atoms with van der Waals surface area (Å²) in [6.07, 6.45) is 1.89. The first-order valence-corrected chi connectivity index (χ1v) is 9.34. The molecular weight excluding hydrogens is 328 g/mol. The minimum absolute atomic E-state index is 0.390. The molecule has 1 aliphatic rings. The molecule has 1 saturated heterocycles. The van der Waals surface area contributed by atoms with E-state index in [0.717, 1.165) is 25.5 Å². The molecule has 6 nitrogen and oxygen atoms in total. The van der Waals surface area contributed by atoms with Crippen molar-refractivity contribution in [1.82, 2.24) is 15.5 Å². The lowest BCUT2D eigenvalue weighted by atomic mass is 9.99. The van der Waals surface area contributed by atoms with Crippen LogP contribution in [0.15, 0.2) is 35.3 Å². The zero-order valence-corrected chi connectivity index (χ0v) is 16.4. The largest absolute Gasteiger partial charge is 0.444 e. The number of likely N-dealkylation sites (tertiary alicyclic amines) is 1. The van der Waals surface area contributed by atoms with E-state index in [4.69, 9.17) is 4.74 Å². The van der Waals surface area contributed by atoms with Crippen LogP contribution in [0.5, 0.6) is 0 Å². The molecule has 1 aromatic rings. The Hall–Kier alpha value is -2.24. The molecule has 0 saturated carbocycles. The van der Waals surface area contributed by atoms with Gasteiger partial charge in [0.15, 0.2) is 5.96 Å². The summed E-state index contributed by atoms with van der Waals surface area (Å²) >= 11 is 0. The Balaban J connectivity index is 1.70. The highest BCUT2D eigenvalue weighted by Gasteiger charge is 2.24. The maximum absolute atomic E-state index is 11.6. The Labute approximate surface area is 157 Å². The van der Waals surface area contributed by atoms with E-state index in [2.05, 4.69) is 50.9 Å². The molecule has 1 fully saturated rings. The van der Waals surface area contributed by atoms with Gasteiger partial charge < -0.3 is 20.3 Å². The molecule has 0 radical (unpaired) electrons. The lowest BCUT2D eigenvalue weighted by molar-refractivity contribution is 0.0529. The van der Waals surface area contributed by atoms with Crippen LogP contribution in [-0.2, 0) is 11.2 Å². The fraction of sp³-hybridized carbons (Fsp3) is 0.600. The van der Waals surface area contributed by atoms with Crippen molar-refractivity contribution in [1.29, 1.82) is 0 Å². The van der Waals surface area contributed by atoms with Crippen LogP contribution in [-0.4, -0.2) is 55.8 Å². The quantitative estimate of drug-likeness (QED) is 0.481. The molecule has 0 aliphatic carbocycles. The van der Waals surface area contributed by atoms with Gasteiger partial charge >= 0.3 is 6.09 Å². The first kappa shape index (κ1) is 20.1. The number of hydrogen-bond acceptors (Lipinski definition) is 3. The number of benzene rings is 1. The normalized spacial score (nSPS) is 17.9. The smallest absolute Gasteiger partial charge is 0.407 e. The van der Waals surface area contributed by atoms with Gasteiger partial charge in [0.25, 0.3) is 0 Å². The monoisotopic (exact) mass is 360 g/mol. The zero-order chi connectivity index (χ0) is 19.0. The number of carbonyl (C=O) groups excluding carboxylic acids is 1. The minimum atomic E-state index is -0.475. The molecule has 1 unspecified atom stereocenters. The van der Waals surface area contributed by atoms with Gasteiger partial charge in [-0.25, -0.2) is 4.79 Å². The molecule has 0 spiro atoms. The van der Waals surface area contributed by atoms with E-state index >= 15 is 0 Å². The van der Waals surface area contributed by atoms with Crippen LogP contribution in [0.4, 0.5) is 4.79 Å². The summed E-state index contributed by atoms with van der Waals surface area (Å²) in [6.45, 7) is 8.69. The topological polar surface area (TPSA) is 66.0 Å². The number of aliphatic imine (C=N–C) groups is 1. The third-order valence-electron chi connectivity index (χ3n) is 4.24. The van der Waals surface area contributed by atoms with E-state index in [-0.39, 0.29) is 0 Å². The highest BCUT2D eigenvalue weighted by Crippen LogP contribution is 2.20. The number of carbonyl (C=O) groups is 1. The molecule has 2 rings (SSSR count). The second kappa shape index (κ2) is 9.46. The van der Waals surface area contributed by atoms with Crippen molar-refractivity contribution in [2.75, 3.05) is 33.2 Å². The highest BCUT2D eigenvalue weighted by atomic mass is 16.6. The van der Waals surface area contributed by atoms with E-state index in [9.17, 15) is 4.79 Å². The third-order valence-corrected chi connectivity index (χ3v) is 4.24. The van der Waals surface area contributed by atoms with Crippen LogP contribution in [0.2, 0.25) is 0 Å². The van der Waals surface area contributed by atoms with Crippen LogP contribution >= 0.6 is 0 Å². The molecule has 1 aromatic carbocycles. The summed E-state index contributed by atoms with van der Waals surface area (Å²) < 4.78 is 5.22. The number of nitrogens with zero attached hydrogens (tertiary/aromatic N) is 2. The molecule has 1 heterocycles. The maximum atomic E-state index is 11.6. The second-order valence-corrected chi connectivity index (χ2v) is 7.69. The fourth-order valence-corrected chi connectivity index (χ4v) is 3.12. The van der Waals surface area contributed by atoms with Crippen molar-refractivity contribution in [3.63, 3.8) is 0 Å². The number of nitrogens with one attached hydrogen (secondary N) is 2. The van der Waals surface area contributed by atoms with Crippen LogP contribution < -0.4 is 10.6 Å². The van der Waals surface area contributed by atoms with Gasteiger partial charge in [-0.2, -0.15) is 0 Å². The average Bonchev–Trinajstić information content (AvgIpc) is 3.02. The van der Waals surface area contributed by atoms with Crippen molar-refractivity contribution in [2.45, 2.75) is 39.2 Å². The van der Waals surface area contributed by atoms with Crippen molar-refractivity contribution in [3.8, 4) is 0 Å². The lowest BCUT2D eigenvalue weighted by Crippen LogP contribution is -2.44. The van der Waals surface area contributed by atoms with Crippen molar-refractivity contribution in [2.24, 2.45) is 10.9 Å². The molecule has 26 heavy (non-hydrogen) atoms. The maximum Gasteiger partial charge on any atom is 0.407 e. The number of hydrogen-bond donors (Lipinski definition) is 2. The Morgan fingerprint density at radius 1 is 1.23 bits per heavy atom. The van der Waals surface area contributed by atoms with Crippen LogP contribution in [0.25, 0.3) is 0 Å². The van der Waals surface area contributed by atoms with Gasteiger partial charge in [0.2, 0.25) is 0 Å². The van der Waals surface area contributed by atoms with Gasteiger partial charge in [0, 0.05) is 33.2 Å². The van der Waals surface area contributed by atoms with Gasteiger partial charge in [0.1, 0.15) is 5.60 Å². The number of ether oxygens (including phenoxy) is 1. The summed E-state index contributed by atoms with van der Waals surface area (Å²) in [5.74, 6) is 1.54. The van der Waals surface area contributed by atoms with Crippen molar-refractivity contribution < 1.29 is 9.53 Å². The van der Waals surface area contributed by atoms with Crippen LogP contribution in [0.1, 0.15) is 32.8 Å². The molecule has 1 aliphatic heterocycles. The van der Waals surface area contributed by atoms with E-state index in [1.165, 1.54) is 12.0 Å². The van der Waals surface area contributed by atoms with Crippen LogP contribution in [0, 0.1) is 5.92 Å². The Bertz CT molecular complexity index is 596. The summed E-state index contributed by atoms with van der Waals surface area (Å²) in [5.41, 5.74) is 0.917. The minimum Gasteiger partial charge on any atom is -0.444 e. The predicted molar refractivity (Wildman–Crippen MR) is 105 cm³/mol. The van der Waals surface area contributed by atoms with Gasteiger partial charge in [0.05, 0.1) is 0 Å². The van der Waals surface area contributed by atoms with Crippen LogP contribution in [0.3, 0.4) is 0 Å². The van der Waals surface area contributed by atoms with Crippen molar-refractivity contribution >= 4 is 12.1 Å². The summed E-state index contributed by atoms with van der Waals surface area (Å²) in [5, 5.41) is 6.07. The first-order chi connectivity index (χ1) is 12.4. The number of amides is 1. The van der Waals surface area contributed by atoms with E-state index < -0.39 is 11.7 Å². The van der Waals surface area contributed by atoms with Gasteiger partial charge in [-0.15, -0.1) is 0 Å². The number of rotatable bonds is 5. The Kier molecular flexibility index (Phi) is 7.30. The number of guanidine groups is 1. The van der Waals surface area contributed by atoms with Gasteiger partial charge in [-0.05, 0) is 45.1 Å². The lowest BCUT2D eigenvalue weighted by Gasteiger charge is -2.22. The van der Waals surface area contributed by atoms with Crippen molar-refractivity contribution in [3.05, 3.63) is 35.9 Å². The fourth-order valence-electron chi connectivity index (χ4n) is 3.12. The highest BCUT2D eigenvalue weighted by molar-refractivity contribution is 5.80. The molecule has 1 atom stereocenters.